The number of aromatic nitrogens is 1. The second-order valence-corrected chi connectivity index (χ2v) is 5.52. The van der Waals surface area contributed by atoms with Crippen molar-refractivity contribution in [3.8, 4) is 0 Å². The Bertz CT molecular complexity index is 728. The third-order valence-electron chi connectivity index (χ3n) is 4.18. The van der Waals surface area contributed by atoms with E-state index in [0.29, 0.717) is 12.2 Å². The van der Waals surface area contributed by atoms with Crippen molar-refractivity contribution in [2.24, 2.45) is 5.92 Å². The fraction of sp³-hybridized carbons (Fsp3) is 0.235. The number of carboxylic acids is 1. The molecule has 22 heavy (non-hydrogen) atoms. The Morgan fingerprint density at radius 2 is 2.09 bits per heavy atom. The number of nitrogens with zero attached hydrogens (tertiary/aromatic N) is 1. The topological polar surface area (TPSA) is 79.3 Å². The standard InChI is InChI=1S/C17H16N2O3/c1-10-13-6-5-11(17(21)22)8-12(13)9-14(10)16(20)19-15-4-2-3-7-18-15/h2-8,10,14H,9H2,1H3,(H,21,22)(H,18,19,20). The number of fused-ring (bicyclic) bond motifs is 1. The Balaban J connectivity index is 1.79. The summed E-state index contributed by atoms with van der Waals surface area (Å²) in [6.07, 6.45) is 2.18. The highest BCUT2D eigenvalue weighted by Crippen LogP contribution is 2.38. The molecule has 1 aliphatic carbocycles. The van der Waals surface area contributed by atoms with Crippen LogP contribution in [0.3, 0.4) is 0 Å². The summed E-state index contributed by atoms with van der Waals surface area (Å²) in [5, 5.41) is 11.9. The molecule has 1 aromatic carbocycles. The molecule has 0 fully saturated rings. The molecule has 5 heteroatoms. The lowest BCUT2D eigenvalue weighted by Crippen LogP contribution is -2.25. The van der Waals surface area contributed by atoms with E-state index in [4.69, 9.17) is 5.11 Å². The monoisotopic (exact) mass is 296 g/mol. The number of hydrogen-bond acceptors (Lipinski definition) is 3. The van der Waals surface area contributed by atoms with Gasteiger partial charge in [0.05, 0.1) is 5.56 Å². The van der Waals surface area contributed by atoms with Crippen LogP contribution >= 0.6 is 0 Å². The molecule has 1 heterocycles. The van der Waals surface area contributed by atoms with E-state index in [9.17, 15) is 9.59 Å². The number of carbonyl (C=O) groups is 2. The number of anilines is 1. The number of pyridine rings is 1. The van der Waals surface area contributed by atoms with Gasteiger partial charge >= 0.3 is 5.97 Å². The molecule has 0 spiro atoms. The number of amides is 1. The summed E-state index contributed by atoms with van der Waals surface area (Å²) in [5.74, 6) is -0.652. The second-order valence-electron chi connectivity index (χ2n) is 5.52. The number of aromatic carboxylic acids is 1. The molecule has 0 radical (unpaired) electrons. The van der Waals surface area contributed by atoms with Crippen LogP contribution in [0.5, 0.6) is 0 Å². The molecule has 1 aromatic heterocycles. The van der Waals surface area contributed by atoms with Gasteiger partial charge in [-0.25, -0.2) is 9.78 Å². The molecule has 2 aromatic rings. The molecule has 0 saturated carbocycles. The van der Waals surface area contributed by atoms with E-state index < -0.39 is 5.97 Å². The van der Waals surface area contributed by atoms with Gasteiger partial charge < -0.3 is 10.4 Å². The zero-order valence-electron chi connectivity index (χ0n) is 12.1. The largest absolute Gasteiger partial charge is 0.478 e. The van der Waals surface area contributed by atoms with E-state index in [-0.39, 0.29) is 23.3 Å². The van der Waals surface area contributed by atoms with Crippen LogP contribution in [0.25, 0.3) is 0 Å². The van der Waals surface area contributed by atoms with Gasteiger partial charge in [-0.3, -0.25) is 4.79 Å². The molecule has 1 aliphatic rings. The number of carbonyl (C=O) groups excluding carboxylic acids is 1. The van der Waals surface area contributed by atoms with E-state index >= 15 is 0 Å². The average molecular weight is 296 g/mol. The highest BCUT2D eigenvalue weighted by Gasteiger charge is 2.34. The summed E-state index contributed by atoms with van der Waals surface area (Å²) in [7, 11) is 0. The smallest absolute Gasteiger partial charge is 0.335 e. The van der Waals surface area contributed by atoms with Gasteiger partial charge in [-0.2, -0.15) is 0 Å². The number of rotatable bonds is 3. The van der Waals surface area contributed by atoms with Crippen molar-refractivity contribution in [1.82, 2.24) is 4.98 Å². The van der Waals surface area contributed by atoms with Crippen LogP contribution in [-0.4, -0.2) is 22.0 Å². The van der Waals surface area contributed by atoms with Crippen LogP contribution in [-0.2, 0) is 11.2 Å². The van der Waals surface area contributed by atoms with Gasteiger partial charge in [0, 0.05) is 12.1 Å². The summed E-state index contributed by atoms with van der Waals surface area (Å²) in [6.45, 7) is 1.99. The first-order chi connectivity index (χ1) is 10.6. The number of nitrogens with one attached hydrogen (secondary N) is 1. The van der Waals surface area contributed by atoms with E-state index in [0.717, 1.165) is 11.1 Å². The van der Waals surface area contributed by atoms with Crippen LogP contribution < -0.4 is 5.32 Å². The van der Waals surface area contributed by atoms with Gasteiger partial charge in [0.1, 0.15) is 5.82 Å². The molecule has 0 saturated heterocycles. The number of benzene rings is 1. The Morgan fingerprint density at radius 1 is 1.27 bits per heavy atom. The van der Waals surface area contributed by atoms with Crippen LogP contribution in [0.15, 0.2) is 42.6 Å². The van der Waals surface area contributed by atoms with Crippen LogP contribution in [0.4, 0.5) is 5.82 Å². The van der Waals surface area contributed by atoms with Gasteiger partial charge in [0.25, 0.3) is 0 Å². The first-order valence-electron chi connectivity index (χ1n) is 7.14. The van der Waals surface area contributed by atoms with Crippen LogP contribution in [0.1, 0.15) is 34.3 Å². The van der Waals surface area contributed by atoms with Crippen molar-refractivity contribution < 1.29 is 14.7 Å². The molecular formula is C17H16N2O3. The van der Waals surface area contributed by atoms with Crippen LogP contribution in [0.2, 0.25) is 0 Å². The molecular weight excluding hydrogens is 280 g/mol. The minimum absolute atomic E-state index is 0.0570. The predicted molar refractivity (Wildman–Crippen MR) is 81.9 cm³/mol. The number of carboxylic acid groups (broad SMARTS) is 1. The molecule has 2 N–H and O–H groups in total. The van der Waals surface area contributed by atoms with Gasteiger partial charge in [-0.1, -0.05) is 19.1 Å². The Labute approximate surface area is 128 Å². The lowest BCUT2D eigenvalue weighted by atomic mass is 9.94. The lowest BCUT2D eigenvalue weighted by molar-refractivity contribution is -0.120. The van der Waals surface area contributed by atoms with E-state index in [2.05, 4.69) is 10.3 Å². The highest BCUT2D eigenvalue weighted by molar-refractivity contribution is 5.93. The maximum Gasteiger partial charge on any atom is 0.335 e. The van der Waals surface area contributed by atoms with Crippen LogP contribution in [0, 0.1) is 5.92 Å². The fourth-order valence-electron chi connectivity index (χ4n) is 2.97. The normalized spacial score (nSPS) is 19.5. The van der Waals surface area contributed by atoms with Crippen molar-refractivity contribution in [1.29, 1.82) is 0 Å². The average Bonchev–Trinajstić information content (AvgIpc) is 2.85. The third kappa shape index (κ3) is 2.57. The van der Waals surface area contributed by atoms with Crippen molar-refractivity contribution in [3.63, 3.8) is 0 Å². The van der Waals surface area contributed by atoms with Crippen molar-refractivity contribution in [2.45, 2.75) is 19.3 Å². The molecule has 0 bridgehead atoms. The summed E-state index contributed by atoms with van der Waals surface area (Å²) in [5.41, 5.74) is 2.25. The zero-order chi connectivity index (χ0) is 15.7. The van der Waals surface area contributed by atoms with Crippen molar-refractivity contribution >= 4 is 17.7 Å². The molecule has 3 rings (SSSR count). The summed E-state index contributed by atoms with van der Waals surface area (Å²) in [6, 6.07) is 10.4. The highest BCUT2D eigenvalue weighted by atomic mass is 16.4. The fourth-order valence-corrected chi connectivity index (χ4v) is 2.97. The van der Waals surface area contributed by atoms with Gasteiger partial charge in [-0.15, -0.1) is 0 Å². The molecule has 5 nitrogen and oxygen atoms in total. The first kappa shape index (κ1) is 14.3. The molecule has 0 aliphatic heterocycles. The second kappa shape index (κ2) is 5.60. The summed E-state index contributed by atoms with van der Waals surface area (Å²) >= 11 is 0. The minimum Gasteiger partial charge on any atom is -0.478 e. The van der Waals surface area contributed by atoms with Gasteiger partial charge in [0.2, 0.25) is 5.91 Å². The summed E-state index contributed by atoms with van der Waals surface area (Å²) in [4.78, 5) is 27.6. The van der Waals surface area contributed by atoms with Gasteiger partial charge in [0.15, 0.2) is 0 Å². The summed E-state index contributed by atoms with van der Waals surface area (Å²) < 4.78 is 0. The maximum absolute atomic E-state index is 12.4. The molecule has 2 unspecified atom stereocenters. The predicted octanol–water partition coefficient (Wildman–Crippen LogP) is 2.69. The lowest BCUT2D eigenvalue weighted by Gasteiger charge is -2.15. The molecule has 1 amide bonds. The Hall–Kier alpha value is -2.69. The third-order valence-corrected chi connectivity index (χ3v) is 4.18. The van der Waals surface area contributed by atoms with E-state index in [1.165, 1.54) is 0 Å². The van der Waals surface area contributed by atoms with Gasteiger partial charge in [-0.05, 0) is 47.7 Å². The maximum atomic E-state index is 12.4. The van der Waals surface area contributed by atoms with Crippen molar-refractivity contribution in [3.05, 3.63) is 59.3 Å². The van der Waals surface area contributed by atoms with Crippen molar-refractivity contribution in [2.75, 3.05) is 5.32 Å². The SMILES string of the molecule is CC1c2ccc(C(=O)O)cc2CC1C(=O)Nc1ccccn1. The first-order valence-corrected chi connectivity index (χ1v) is 7.14. The molecule has 112 valence electrons. The van der Waals surface area contributed by atoms with E-state index in [1.807, 2.05) is 19.1 Å². The minimum atomic E-state index is -0.947. The Morgan fingerprint density at radius 3 is 2.77 bits per heavy atom. The Kier molecular flexibility index (Phi) is 3.63. The molecule has 2 atom stereocenters. The van der Waals surface area contributed by atoms with E-state index in [1.54, 1.807) is 30.5 Å². The number of hydrogen-bond donors (Lipinski definition) is 2. The quantitative estimate of drug-likeness (QED) is 0.912. The zero-order valence-corrected chi connectivity index (χ0v) is 12.1.